The molecule has 0 aliphatic heterocycles. The van der Waals surface area contributed by atoms with Crippen LogP contribution < -0.4 is 16.2 Å². The van der Waals surface area contributed by atoms with Crippen LogP contribution in [0.15, 0.2) is 28.2 Å². The highest BCUT2D eigenvalue weighted by atomic mass is 32.2. The van der Waals surface area contributed by atoms with Crippen molar-refractivity contribution in [1.82, 2.24) is 29.8 Å². The van der Waals surface area contributed by atoms with Crippen LogP contribution in [0.4, 0.5) is 0 Å². The molecule has 0 radical (unpaired) electrons. The van der Waals surface area contributed by atoms with E-state index >= 15 is 0 Å². The fourth-order valence-corrected chi connectivity index (χ4v) is 4.85. The molecule has 2 heterocycles. The topological polar surface area (TPSA) is 110 Å². The van der Waals surface area contributed by atoms with E-state index in [-0.39, 0.29) is 35.2 Å². The van der Waals surface area contributed by atoms with Crippen molar-refractivity contribution in [3.05, 3.63) is 34.1 Å². The molecule has 0 spiro atoms. The van der Waals surface area contributed by atoms with Gasteiger partial charge in [0.25, 0.3) is 11.5 Å². The lowest BCUT2D eigenvalue weighted by atomic mass is 9.95. The van der Waals surface area contributed by atoms with Crippen molar-refractivity contribution in [3.8, 4) is 0 Å². The molecule has 32 heavy (non-hydrogen) atoms. The average Bonchev–Trinajstić information content (AvgIpc) is 3.20. The minimum Gasteiger partial charge on any atom is -0.353 e. The molecule has 1 aromatic carbocycles. The van der Waals surface area contributed by atoms with Gasteiger partial charge < -0.3 is 10.6 Å². The van der Waals surface area contributed by atoms with Crippen LogP contribution in [-0.2, 0) is 11.8 Å². The van der Waals surface area contributed by atoms with E-state index in [4.69, 9.17) is 0 Å². The molecule has 0 bridgehead atoms. The van der Waals surface area contributed by atoms with Crippen molar-refractivity contribution < 1.29 is 9.59 Å². The van der Waals surface area contributed by atoms with E-state index in [2.05, 4.69) is 20.8 Å². The number of carbonyl (C=O) groups is 2. The van der Waals surface area contributed by atoms with Crippen LogP contribution in [0.2, 0.25) is 0 Å². The minimum absolute atomic E-state index is 0.0464. The molecule has 2 aromatic heterocycles. The Kier molecular flexibility index (Phi) is 6.50. The number of carbonyl (C=O) groups excluding carboxylic acids is 2. The predicted molar refractivity (Wildman–Crippen MR) is 124 cm³/mol. The number of nitrogens with one attached hydrogen (secondary N) is 2. The number of nitrogens with zero attached hydrogens (tertiary/aromatic N) is 4. The Morgan fingerprint density at radius 3 is 2.66 bits per heavy atom. The second-order valence-corrected chi connectivity index (χ2v) is 9.48. The summed E-state index contributed by atoms with van der Waals surface area (Å²) in [5.41, 5.74) is 0.823. The van der Waals surface area contributed by atoms with Crippen molar-refractivity contribution in [2.45, 2.75) is 63.2 Å². The van der Waals surface area contributed by atoms with E-state index in [0.29, 0.717) is 27.4 Å². The van der Waals surface area contributed by atoms with E-state index in [9.17, 15) is 14.4 Å². The second-order valence-electron chi connectivity index (χ2n) is 8.53. The smallest absolute Gasteiger partial charge is 0.262 e. The highest BCUT2D eigenvalue weighted by molar-refractivity contribution is 7.99. The third kappa shape index (κ3) is 4.50. The first kappa shape index (κ1) is 22.3. The van der Waals surface area contributed by atoms with Gasteiger partial charge in [-0.25, -0.2) is 0 Å². The van der Waals surface area contributed by atoms with Gasteiger partial charge in [-0.05, 0) is 44.9 Å². The number of fused-ring (bicyclic) bond motifs is 3. The van der Waals surface area contributed by atoms with Crippen molar-refractivity contribution in [2.24, 2.45) is 7.05 Å². The highest BCUT2D eigenvalue weighted by Crippen LogP contribution is 2.23. The van der Waals surface area contributed by atoms with E-state index in [1.54, 1.807) is 29.6 Å². The van der Waals surface area contributed by atoms with Crippen LogP contribution in [-0.4, -0.2) is 48.8 Å². The van der Waals surface area contributed by atoms with Crippen molar-refractivity contribution >= 4 is 40.3 Å². The Bertz CT molecular complexity index is 1230. The average molecular weight is 457 g/mol. The largest absolute Gasteiger partial charge is 0.353 e. The molecule has 10 heteroatoms. The van der Waals surface area contributed by atoms with Gasteiger partial charge in [0.1, 0.15) is 0 Å². The van der Waals surface area contributed by atoms with Crippen LogP contribution >= 0.6 is 11.8 Å². The van der Waals surface area contributed by atoms with Crippen LogP contribution in [0.25, 0.3) is 16.7 Å². The summed E-state index contributed by atoms with van der Waals surface area (Å²) in [7, 11) is 1.63. The Balaban J connectivity index is 1.71. The van der Waals surface area contributed by atoms with Gasteiger partial charge in [0.05, 0.1) is 16.7 Å². The fraction of sp³-hybridized carbons (Fsp3) is 0.500. The van der Waals surface area contributed by atoms with Gasteiger partial charge in [-0.3, -0.25) is 23.4 Å². The van der Waals surface area contributed by atoms with Gasteiger partial charge >= 0.3 is 0 Å². The molecule has 1 saturated carbocycles. The van der Waals surface area contributed by atoms with Crippen LogP contribution in [0.5, 0.6) is 0 Å². The number of aryl methyl sites for hydroxylation is 1. The number of amides is 2. The quantitative estimate of drug-likeness (QED) is 0.551. The summed E-state index contributed by atoms with van der Waals surface area (Å²) < 4.78 is 3.16. The lowest BCUT2D eigenvalue weighted by molar-refractivity contribution is -0.119. The number of hydrogen-bond donors (Lipinski definition) is 2. The van der Waals surface area contributed by atoms with Crippen molar-refractivity contribution in [2.75, 3.05) is 5.75 Å². The third-order valence-electron chi connectivity index (χ3n) is 5.67. The molecule has 2 amide bonds. The lowest BCUT2D eigenvalue weighted by Gasteiger charge is -2.22. The molecule has 9 nitrogen and oxygen atoms in total. The summed E-state index contributed by atoms with van der Waals surface area (Å²) in [4.78, 5) is 37.8. The molecule has 3 aromatic rings. The molecule has 4 rings (SSSR count). The Labute approximate surface area is 190 Å². The number of benzene rings is 1. The number of thioether (sulfide) groups is 1. The van der Waals surface area contributed by atoms with Gasteiger partial charge in [0.2, 0.25) is 11.7 Å². The molecular weight excluding hydrogens is 428 g/mol. The third-order valence-corrected chi connectivity index (χ3v) is 6.60. The van der Waals surface area contributed by atoms with Gasteiger partial charge in [-0.1, -0.05) is 31.0 Å². The molecule has 1 fully saturated rings. The van der Waals surface area contributed by atoms with Gasteiger partial charge in [0, 0.05) is 24.7 Å². The van der Waals surface area contributed by atoms with E-state index in [1.165, 1.54) is 22.7 Å². The number of aromatic nitrogens is 4. The zero-order valence-electron chi connectivity index (χ0n) is 18.6. The first-order chi connectivity index (χ1) is 15.3. The predicted octanol–water partition coefficient (Wildman–Crippen LogP) is 2.26. The first-order valence-electron chi connectivity index (χ1n) is 11.0. The SMILES string of the molecule is CC(C)NC(=O)CSc1nnc2n(C)c(=O)c3ccc(C(=O)NC4CCCCC4)cc3n12. The molecule has 0 atom stereocenters. The molecule has 0 saturated heterocycles. The summed E-state index contributed by atoms with van der Waals surface area (Å²) in [5.74, 6) is 0.277. The molecule has 2 N–H and O–H groups in total. The molecule has 1 aliphatic carbocycles. The van der Waals surface area contributed by atoms with Crippen LogP contribution in [0, 0.1) is 0 Å². The summed E-state index contributed by atoms with van der Waals surface area (Å²) >= 11 is 1.24. The molecule has 0 unspecified atom stereocenters. The van der Waals surface area contributed by atoms with Gasteiger partial charge in [-0.2, -0.15) is 0 Å². The number of hydrogen-bond acceptors (Lipinski definition) is 6. The Morgan fingerprint density at radius 2 is 1.94 bits per heavy atom. The Hall–Kier alpha value is -2.88. The summed E-state index contributed by atoms with van der Waals surface area (Å²) in [6.07, 6.45) is 5.46. The van der Waals surface area contributed by atoms with Crippen molar-refractivity contribution in [3.63, 3.8) is 0 Å². The summed E-state index contributed by atoms with van der Waals surface area (Å²) in [6, 6.07) is 5.30. The van der Waals surface area contributed by atoms with Crippen LogP contribution in [0.3, 0.4) is 0 Å². The van der Waals surface area contributed by atoms with Crippen LogP contribution in [0.1, 0.15) is 56.3 Å². The highest BCUT2D eigenvalue weighted by Gasteiger charge is 2.20. The number of rotatable bonds is 6. The van der Waals surface area contributed by atoms with Gasteiger partial charge in [-0.15, -0.1) is 10.2 Å². The second kappa shape index (κ2) is 9.32. The minimum atomic E-state index is -0.215. The maximum atomic E-state index is 12.9. The monoisotopic (exact) mass is 456 g/mol. The molecular formula is C22H28N6O3S. The van der Waals surface area contributed by atoms with Crippen molar-refractivity contribution in [1.29, 1.82) is 0 Å². The zero-order chi connectivity index (χ0) is 22.8. The normalized spacial score (nSPS) is 14.9. The zero-order valence-corrected chi connectivity index (χ0v) is 19.4. The standard InChI is InChI=1S/C22H28N6O3S/c1-13(2)23-18(29)12-32-22-26-25-21-27(3)20(31)16-10-9-14(11-17(16)28(21)22)19(30)24-15-7-5-4-6-8-15/h9-11,13,15H,4-8,12H2,1-3H3,(H,23,29)(H,24,30). The van der Waals surface area contributed by atoms with Gasteiger partial charge in [0.15, 0.2) is 5.16 Å². The van der Waals surface area contributed by atoms with E-state index in [1.807, 2.05) is 13.8 Å². The lowest BCUT2D eigenvalue weighted by Crippen LogP contribution is -2.36. The maximum absolute atomic E-state index is 12.9. The summed E-state index contributed by atoms with van der Waals surface area (Å²) in [6.45, 7) is 3.80. The maximum Gasteiger partial charge on any atom is 0.262 e. The van der Waals surface area contributed by atoms with E-state index in [0.717, 1.165) is 25.7 Å². The molecule has 1 aliphatic rings. The Morgan fingerprint density at radius 1 is 1.19 bits per heavy atom. The summed E-state index contributed by atoms with van der Waals surface area (Å²) in [5, 5.41) is 15.3. The first-order valence-corrected chi connectivity index (χ1v) is 11.9. The van der Waals surface area contributed by atoms with E-state index < -0.39 is 0 Å². The fourth-order valence-electron chi connectivity index (χ4n) is 4.10. The molecule has 170 valence electrons.